The monoisotopic (exact) mass is 397 g/mol. The molecular weight excluding hydrogens is 370 g/mol. The van der Waals surface area contributed by atoms with Gasteiger partial charge in [-0.15, -0.1) is 0 Å². The van der Waals surface area contributed by atoms with Gasteiger partial charge in [0.2, 0.25) is 0 Å². The Morgan fingerprint density at radius 1 is 1.14 bits per heavy atom. The van der Waals surface area contributed by atoms with Crippen LogP contribution in [0.25, 0.3) is 0 Å². The largest absolute Gasteiger partial charge is 0.494 e. The van der Waals surface area contributed by atoms with Crippen molar-refractivity contribution in [3.63, 3.8) is 0 Å². The molecule has 0 aliphatic carbocycles. The Morgan fingerprint density at radius 3 is 2.29 bits per heavy atom. The molecule has 2 heterocycles. The zero-order chi connectivity index (χ0) is 20.9. The van der Waals surface area contributed by atoms with Gasteiger partial charge in [0.15, 0.2) is 0 Å². The minimum atomic E-state index is -4.41. The number of amides is 1. The van der Waals surface area contributed by atoms with E-state index in [1.54, 1.807) is 25.1 Å². The van der Waals surface area contributed by atoms with Gasteiger partial charge in [0.25, 0.3) is 5.91 Å². The maximum atomic E-state index is 13.4. The molecule has 0 aromatic heterocycles. The van der Waals surface area contributed by atoms with Gasteiger partial charge < -0.3 is 14.2 Å². The van der Waals surface area contributed by atoms with Gasteiger partial charge in [-0.3, -0.25) is 4.79 Å². The molecule has 4 nitrogen and oxygen atoms in total. The fraction of sp³-hybridized carbons (Fsp3) is 0.650. The van der Waals surface area contributed by atoms with E-state index in [0.717, 1.165) is 10.4 Å². The first kappa shape index (κ1) is 21.2. The van der Waals surface area contributed by atoms with Gasteiger partial charge in [-0.2, -0.15) is 13.2 Å². The molecule has 0 N–H and O–H groups in total. The van der Waals surface area contributed by atoms with Crippen LogP contribution < -0.4 is 5.46 Å². The Bertz CT molecular complexity index is 748. The van der Waals surface area contributed by atoms with Crippen molar-refractivity contribution in [2.75, 3.05) is 6.54 Å². The highest BCUT2D eigenvalue weighted by Crippen LogP contribution is 2.37. The number of halogens is 3. The zero-order valence-electron chi connectivity index (χ0n) is 17.0. The van der Waals surface area contributed by atoms with Gasteiger partial charge in [-0.05, 0) is 71.0 Å². The van der Waals surface area contributed by atoms with Gasteiger partial charge in [0, 0.05) is 12.1 Å². The number of hydrogen-bond acceptors (Lipinski definition) is 3. The highest BCUT2D eigenvalue weighted by atomic mass is 19.4. The second-order valence-electron chi connectivity index (χ2n) is 8.71. The van der Waals surface area contributed by atoms with Crippen LogP contribution in [0.3, 0.4) is 0 Å². The summed E-state index contributed by atoms with van der Waals surface area (Å²) in [6, 6.07) is 3.34. The third-order valence-corrected chi connectivity index (χ3v) is 6.15. The molecule has 1 aromatic rings. The number of carbonyl (C=O) groups is 1. The number of carbonyl (C=O) groups excluding carboxylic acids is 1. The van der Waals surface area contributed by atoms with Crippen LogP contribution in [0.15, 0.2) is 18.2 Å². The summed E-state index contributed by atoms with van der Waals surface area (Å²) in [5.41, 5.74) is 0.667. The maximum Gasteiger partial charge on any atom is 0.494 e. The number of hydrogen-bond donors (Lipinski definition) is 0. The fourth-order valence-corrected chi connectivity index (χ4v) is 3.72. The van der Waals surface area contributed by atoms with E-state index in [4.69, 9.17) is 9.31 Å². The van der Waals surface area contributed by atoms with E-state index in [1.807, 2.05) is 27.7 Å². The standard InChI is InChI=1S/C20H27BF3NO3/c1-13-12-14(21-27-18(2,3)19(4,5)28-21)9-10-15(13)17(26)25-11-7-6-8-16(25)20(22,23)24/h9-10,12,16H,6-8,11H2,1-5H3. The second-order valence-corrected chi connectivity index (χ2v) is 8.71. The van der Waals surface area contributed by atoms with E-state index in [9.17, 15) is 18.0 Å². The molecule has 0 radical (unpaired) electrons. The molecule has 3 rings (SSSR count). The quantitative estimate of drug-likeness (QED) is 0.712. The normalized spacial score (nSPS) is 24.5. The van der Waals surface area contributed by atoms with Gasteiger partial charge in [-0.25, -0.2) is 0 Å². The first-order valence-corrected chi connectivity index (χ1v) is 9.67. The van der Waals surface area contributed by atoms with Crippen LogP contribution >= 0.6 is 0 Å². The van der Waals surface area contributed by atoms with E-state index in [-0.39, 0.29) is 18.5 Å². The third kappa shape index (κ3) is 3.81. The Hall–Kier alpha value is -1.54. The summed E-state index contributed by atoms with van der Waals surface area (Å²) in [4.78, 5) is 13.9. The molecule has 2 aliphatic heterocycles. The number of aryl methyl sites for hydroxylation is 1. The molecule has 8 heteroatoms. The van der Waals surface area contributed by atoms with Gasteiger partial charge in [0.05, 0.1) is 11.2 Å². The smallest absolute Gasteiger partial charge is 0.399 e. The molecule has 2 aliphatic rings. The van der Waals surface area contributed by atoms with Crippen molar-refractivity contribution in [1.82, 2.24) is 4.90 Å². The van der Waals surface area contributed by atoms with Gasteiger partial charge >= 0.3 is 13.3 Å². The fourth-order valence-electron chi connectivity index (χ4n) is 3.72. The van der Waals surface area contributed by atoms with Crippen LogP contribution in [0, 0.1) is 6.92 Å². The van der Waals surface area contributed by atoms with Crippen LogP contribution in [0.2, 0.25) is 0 Å². The highest BCUT2D eigenvalue weighted by molar-refractivity contribution is 6.62. The first-order valence-electron chi connectivity index (χ1n) is 9.67. The lowest BCUT2D eigenvalue weighted by Gasteiger charge is -2.37. The highest BCUT2D eigenvalue weighted by Gasteiger charge is 2.52. The number of benzene rings is 1. The Balaban J connectivity index is 1.84. The molecule has 0 bridgehead atoms. The minimum Gasteiger partial charge on any atom is -0.399 e. The Labute approximate surface area is 164 Å². The molecule has 28 heavy (non-hydrogen) atoms. The molecule has 2 saturated heterocycles. The molecule has 1 aromatic carbocycles. The van der Waals surface area contributed by atoms with Crippen LogP contribution in [0.1, 0.15) is 62.9 Å². The molecule has 0 saturated carbocycles. The summed E-state index contributed by atoms with van der Waals surface area (Å²) in [7, 11) is -0.578. The number of alkyl halides is 3. The van der Waals surface area contributed by atoms with E-state index in [0.29, 0.717) is 18.4 Å². The van der Waals surface area contributed by atoms with Crippen molar-refractivity contribution < 1.29 is 27.3 Å². The molecule has 1 unspecified atom stereocenters. The summed E-state index contributed by atoms with van der Waals surface area (Å²) in [5, 5.41) is 0. The SMILES string of the molecule is Cc1cc(B2OC(C)(C)C(C)(C)O2)ccc1C(=O)N1CCCCC1C(F)(F)F. The molecule has 1 atom stereocenters. The molecular formula is C20H27BF3NO3. The van der Waals surface area contributed by atoms with Crippen molar-refractivity contribution in [3.8, 4) is 0 Å². The summed E-state index contributed by atoms with van der Waals surface area (Å²) in [5.74, 6) is -0.569. The zero-order valence-corrected chi connectivity index (χ0v) is 17.0. The first-order chi connectivity index (χ1) is 12.8. The van der Waals surface area contributed by atoms with E-state index in [2.05, 4.69) is 0 Å². The number of likely N-dealkylation sites (tertiary alicyclic amines) is 1. The van der Waals surface area contributed by atoms with Crippen molar-refractivity contribution in [2.24, 2.45) is 0 Å². The lowest BCUT2D eigenvalue weighted by atomic mass is 9.77. The van der Waals surface area contributed by atoms with Crippen molar-refractivity contribution in [1.29, 1.82) is 0 Å². The molecule has 154 valence electrons. The lowest BCUT2D eigenvalue weighted by Crippen LogP contribution is -2.51. The van der Waals surface area contributed by atoms with Gasteiger partial charge in [-0.1, -0.05) is 12.1 Å². The number of nitrogens with zero attached hydrogens (tertiary/aromatic N) is 1. The summed E-state index contributed by atoms with van der Waals surface area (Å²) in [6.07, 6.45) is -3.38. The molecule has 1 amide bonds. The third-order valence-electron chi connectivity index (χ3n) is 6.15. The number of piperidine rings is 1. The predicted octanol–water partition coefficient (Wildman–Crippen LogP) is 3.85. The van der Waals surface area contributed by atoms with Crippen molar-refractivity contribution in [3.05, 3.63) is 29.3 Å². The van der Waals surface area contributed by atoms with Crippen LogP contribution in [-0.2, 0) is 9.31 Å². The predicted molar refractivity (Wildman–Crippen MR) is 102 cm³/mol. The molecule has 2 fully saturated rings. The van der Waals surface area contributed by atoms with E-state index in [1.165, 1.54) is 0 Å². The molecule has 0 spiro atoms. The van der Waals surface area contributed by atoms with E-state index < -0.39 is 36.4 Å². The van der Waals surface area contributed by atoms with Crippen LogP contribution in [0.4, 0.5) is 13.2 Å². The van der Waals surface area contributed by atoms with Crippen LogP contribution in [0.5, 0.6) is 0 Å². The maximum absolute atomic E-state index is 13.4. The van der Waals surface area contributed by atoms with E-state index >= 15 is 0 Å². The topological polar surface area (TPSA) is 38.8 Å². The average Bonchev–Trinajstić information content (AvgIpc) is 2.81. The Morgan fingerprint density at radius 2 is 1.75 bits per heavy atom. The summed E-state index contributed by atoms with van der Waals surface area (Å²) in [6.45, 7) is 9.66. The minimum absolute atomic E-state index is 0.0414. The van der Waals surface area contributed by atoms with Gasteiger partial charge in [0.1, 0.15) is 6.04 Å². The van der Waals surface area contributed by atoms with Crippen molar-refractivity contribution >= 4 is 18.5 Å². The lowest BCUT2D eigenvalue weighted by molar-refractivity contribution is -0.183. The number of rotatable bonds is 2. The van der Waals surface area contributed by atoms with Crippen molar-refractivity contribution in [2.45, 2.75) is 77.3 Å². The average molecular weight is 397 g/mol. The summed E-state index contributed by atoms with van der Waals surface area (Å²) >= 11 is 0. The second kappa shape index (κ2) is 7.06. The Kier molecular flexibility index (Phi) is 5.34. The summed E-state index contributed by atoms with van der Waals surface area (Å²) < 4.78 is 52.1. The van der Waals surface area contributed by atoms with Crippen LogP contribution in [-0.4, -0.2) is 47.9 Å².